The van der Waals surface area contributed by atoms with Crippen LogP contribution in [0.15, 0.2) is 53.1 Å². The molecule has 0 saturated carbocycles. The van der Waals surface area contributed by atoms with E-state index in [0.29, 0.717) is 44.8 Å². The van der Waals surface area contributed by atoms with Crippen LogP contribution < -0.4 is 4.74 Å². The summed E-state index contributed by atoms with van der Waals surface area (Å²) in [6.07, 6.45) is 2.25. The minimum Gasteiger partial charge on any atom is -0.469 e. The summed E-state index contributed by atoms with van der Waals surface area (Å²) in [4.78, 5) is 27.7. The average molecular weight is 328 g/mol. The van der Waals surface area contributed by atoms with Gasteiger partial charge in [0.2, 0.25) is 5.91 Å². The van der Waals surface area contributed by atoms with Crippen molar-refractivity contribution in [3.05, 3.63) is 54.5 Å². The second-order valence-corrected chi connectivity index (χ2v) is 5.63. The molecule has 1 saturated heterocycles. The lowest BCUT2D eigenvalue weighted by atomic mass is 10.2. The number of benzene rings is 1. The van der Waals surface area contributed by atoms with Crippen LogP contribution in [0.5, 0.6) is 5.75 Å². The number of para-hydroxylation sites is 1. The Morgan fingerprint density at radius 3 is 2.33 bits per heavy atom. The van der Waals surface area contributed by atoms with Gasteiger partial charge in [0.1, 0.15) is 11.5 Å². The van der Waals surface area contributed by atoms with Crippen LogP contribution in [0.4, 0.5) is 4.79 Å². The molecule has 0 atom stereocenters. The Hall–Kier alpha value is -2.76. The zero-order chi connectivity index (χ0) is 16.8. The first kappa shape index (κ1) is 16.1. The predicted octanol–water partition coefficient (Wildman–Crippen LogP) is 2.56. The van der Waals surface area contributed by atoms with Crippen molar-refractivity contribution in [2.45, 2.75) is 12.8 Å². The third-order valence-electron chi connectivity index (χ3n) is 4.00. The van der Waals surface area contributed by atoms with Crippen molar-refractivity contribution in [2.24, 2.45) is 0 Å². The van der Waals surface area contributed by atoms with Crippen molar-refractivity contribution in [1.29, 1.82) is 0 Å². The van der Waals surface area contributed by atoms with Crippen LogP contribution in [0, 0.1) is 0 Å². The maximum Gasteiger partial charge on any atom is 0.415 e. The van der Waals surface area contributed by atoms with Gasteiger partial charge in [-0.05, 0) is 24.3 Å². The Bertz CT molecular complexity index is 662. The molecular formula is C18H20N2O4. The zero-order valence-corrected chi connectivity index (χ0v) is 13.4. The van der Waals surface area contributed by atoms with E-state index in [2.05, 4.69) is 0 Å². The maximum atomic E-state index is 12.2. The summed E-state index contributed by atoms with van der Waals surface area (Å²) in [5.74, 6) is 1.43. The number of amides is 2. The highest BCUT2D eigenvalue weighted by Crippen LogP contribution is 2.12. The normalized spacial score (nSPS) is 14.5. The van der Waals surface area contributed by atoms with Gasteiger partial charge in [-0.2, -0.15) is 0 Å². The summed E-state index contributed by atoms with van der Waals surface area (Å²) < 4.78 is 10.6. The fourth-order valence-electron chi connectivity index (χ4n) is 2.64. The van der Waals surface area contributed by atoms with Gasteiger partial charge in [-0.3, -0.25) is 4.79 Å². The van der Waals surface area contributed by atoms with Crippen LogP contribution in [-0.4, -0.2) is 48.0 Å². The van der Waals surface area contributed by atoms with Crippen molar-refractivity contribution < 1.29 is 18.7 Å². The lowest BCUT2D eigenvalue weighted by molar-refractivity contribution is -0.132. The second kappa shape index (κ2) is 7.68. The maximum absolute atomic E-state index is 12.2. The first-order chi connectivity index (χ1) is 11.7. The third kappa shape index (κ3) is 4.16. The summed E-state index contributed by atoms with van der Waals surface area (Å²) in [5.41, 5.74) is 0. The number of hydrogen-bond donors (Lipinski definition) is 0. The number of rotatable bonds is 4. The molecule has 0 N–H and O–H groups in total. The molecule has 3 rings (SSSR count). The Balaban J connectivity index is 1.43. The van der Waals surface area contributed by atoms with E-state index >= 15 is 0 Å². The molecule has 24 heavy (non-hydrogen) atoms. The van der Waals surface area contributed by atoms with Crippen LogP contribution in [0.25, 0.3) is 0 Å². The highest BCUT2D eigenvalue weighted by molar-refractivity contribution is 5.77. The van der Waals surface area contributed by atoms with Gasteiger partial charge in [0.25, 0.3) is 0 Å². The van der Waals surface area contributed by atoms with E-state index in [4.69, 9.17) is 9.15 Å². The summed E-state index contributed by atoms with van der Waals surface area (Å²) in [6.45, 7) is 2.03. The quantitative estimate of drug-likeness (QED) is 0.865. The van der Waals surface area contributed by atoms with E-state index in [1.165, 1.54) is 0 Å². The minimum absolute atomic E-state index is 0.0856. The van der Waals surface area contributed by atoms with Gasteiger partial charge in [-0.1, -0.05) is 18.2 Å². The van der Waals surface area contributed by atoms with Crippen LogP contribution in [0.1, 0.15) is 12.2 Å². The highest BCUT2D eigenvalue weighted by Gasteiger charge is 2.25. The van der Waals surface area contributed by atoms with E-state index < -0.39 is 0 Å². The Morgan fingerprint density at radius 2 is 1.67 bits per heavy atom. The molecule has 1 aliphatic heterocycles. The van der Waals surface area contributed by atoms with Crippen molar-refractivity contribution in [3.8, 4) is 5.75 Å². The van der Waals surface area contributed by atoms with E-state index in [1.807, 2.05) is 30.3 Å². The molecule has 126 valence electrons. The van der Waals surface area contributed by atoms with Crippen LogP contribution in [-0.2, 0) is 11.2 Å². The summed E-state index contributed by atoms with van der Waals surface area (Å²) in [7, 11) is 0. The van der Waals surface area contributed by atoms with E-state index in [-0.39, 0.29) is 12.0 Å². The Labute approximate surface area is 140 Å². The number of aryl methyl sites for hydroxylation is 1. The number of nitrogens with zero attached hydrogens (tertiary/aromatic N) is 2. The number of piperazine rings is 1. The monoisotopic (exact) mass is 328 g/mol. The van der Waals surface area contributed by atoms with Gasteiger partial charge in [-0.25, -0.2) is 4.79 Å². The molecule has 0 unspecified atom stereocenters. The lowest BCUT2D eigenvalue weighted by Crippen LogP contribution is -2.51. The van der Waals surface area contributed by atoms with Gasteiger partial charge in [0.05, 0.1) is 6.26 Å². The Kier molecular flexibility index (Phi) is 5.15. The summed E-state index contributed by atoms with van der Waals surface area (Å²) in [5, 5.41) is 0. The molecule has 2 heterocycles. The first-order valence-electron chi connectivity index (χ1n) is 8.04. The Morgan fingerprint density at radius 1 is 0.958 bits per heavy atom. The number of furan rings is 1. The zero-order valence-electron chi connectivity index (χ0n) is 13.4. The minimum atomic E-state index is -0.371. The molecule has 2 aromatic rings. The molecule has 0 bridgehead atoms. The molecular weight excluding hydrogens is 308 g/mol. The van der Waals surface area contributed by atoms with Crippen LogP contribution >= 0.6 is 0 Å². The van der Waals surface area contributed by atoms with Crippen LogP contribution in [0.3, 0.4) is 0 Å². The number of carbonyl (C=O) groups is 2. The molecule has 6 nitrogen and oxygen atoms in total. The lowest BCUT2D eigenvalue weighted by Gasteiger charge is -2.34. The first-order valence-corrected chi connectivity index (χ1v) is 8.04. The third-order valence-corrected chi connectivity index (χ3v) is 4.00. The smallest absolute Gasteiger partial charge is 0.415 e. The standard InChI is InChI=1S/C18H20N2O4/c21-17(9-8-15-7-4-14-23-15)19-10-12-20(13-11-19)18(22)24-16-5-2-1-3-6-16/h1-7,14H,8-13H2. The summed E-state index contributed by atoms with van der Waals surface area (Å²) in [6, 6.07) is 12.7. The number of ether oxygens (including phenoxy) is 1. The highest BCUT2D eigenvalue weighted by atomic mass is 16.6. The number of hydrogen-bond acceptors (Lipinski definition) is 4. The SMILES string of the molecule is O=C(CCc1ccco1)N1CCN(C(=O)Oc2ccccc2)CC1. The topological polar surface area (TPSA) is 63.0 Å². The molecule has 6 heteroatoms. The van der Waals surface area contributed by atoms with E-state index in [0.717, 1.165) is 5.76 Å². The molecule has 0 radical (unpaired) electrons. The van der Waals surface area contributed by atoms with Gasteiger partial charge in [0, 0.05) is 39.0 Å². The molecule has 0 aliphatic carbocycles. The van der Waals surface area contributed by atoms with Crippen molar-refractivity contribution in [1.82, 2.24) is 9.80 Å². The molecule has 1 aromatic heterocycles. The van der Waals surface area contributed by atoms with E-state index in [1.54, 1.807) is 28.2 Å². The van der Waals surface area contributed by atoms with Gasteiger partial charge < -0.3 is 19.0 Å². The second-order valence-electron chi connectivity index (χ2n) is 5.63. The fourth-order valence-corrected chi connectivity index (χ4v) is 2.64. The molecule has 1 fully saturated rings. The molecule has 1 aromatic carbocycles. The number of carbonyl (C=O) groups excluding carboxylic acids is 2. The van der Waals surface area contributed by atoms with Gasteiger partial charge in [0.15, 0.2) is 0 Å². The van der Waals surface area contributed by atoms with Crippen molar-refractivity contribution in [2.75, 3.05) is 26.2 Å². The molecule has 1 aliphatic rings. The molecule has 0 spiro atoms. The summed E-state index contributed by atoms with van der Waals surface area (Å²) >= 11 is 0. The molecule has 2 amide bonds. The fraction of sp³-hybridized carbons (Fsp3) is 0.333. The predicted molar refractivity (Wildman–Crippen MR) is 87.6 cm³/mol. The van der Waals surface area contributed by atoms with Crippen molar-refractivity contribution in [3.63, 3.8) is 0 Å². The van der Waals surface area contributed by atoms with Gasteiger partial charge >= 0.3 is 6.09 Å². The van der Waals surface area contributed by atoms with E-state index in [9.17, 15) is 9.59 Å². The largest absolute Gasteiger partial charge is 0.469 e. The average Bonchev–Trinajstić information content (AvgIpc) is 3.14. The van der Waals surface area contributed by atoms with Gasteiger partial charge in [-0.15, -0.1) is 0 Å². The van der Waals surface area contributed by atoms with Crippen molar-refractivity contribution >= 4 is 12.0 Å². The van der Waals surface area contributed by atoms with Crippen LogP contribution in [0.2, 0.25) is 0 Å².